The third-order valence-corrected chi connectivity index (χ3v) is 3.25. The molecule has 118 valence electrons. The molecule has 0 saturated carbocycles. The van der Waals surface area contributed by atoms with Crippen LogP contribution in [-0.2, 0) is 4.74 Å². The Morgan fingerprint density at radius 3 is 2.52 bits per heavy atom. The molecule has 1 aromatic rings. The molecule has 1 unspecified atom stereocenters. The summed E-state index contributed by atoms with van der Waals surface area (Å²) in [5.74, 6) is -0.764. The number of nitrogens with two attached hydrogens (primary N) is 1. The molecule has 5 nitrogen and oxygen atoms in total. The molecule has 0 amide bonds. The van der Waals surface area contributed by atoms with Gasteiger partial charge in [0.1, 0.15) is 5.82 Å². The van der Waals surface area contributed by atoms with E-state index >= 15 is 0 Å². The number of rotatable bonds is 6. The third-order valence-electron chi connectivity index (χ3n) is 3.25. The molecule has 0 spiro atoms. The Morgan fingerprint density at radius 2 is 2.05 bits per heavy atom. The van der Waals surface area contributed by atoms with Gasteiger partial charge in [0.25, 0.3) is 0 Å². The summed E-state index contributed by atoms with van der Waals surface area (Å²) in [6.45, 7) is 4.85. The van der Waals surface area contributed by atoms with Gasteiger partial charge in [-0.3, -0.25) is 0 Å². The molecule has 0 heterocycles. The Hall–Kier alpha value is -1.82. The first-order valence-electron chi connectivity index (χ1n) is 6.84. The van der Waals surface area contributed by atoms with Crippen LogP contribution in [0.15, 0.2) is 12.1 Å². The van der Waals surface area contributed by atoms with Crippen LogP contribution in [0.1, 0.15) is 24.2 Å². The van der Waals surface area contributed by atoms with E-state index in [-0.39, 0.29) is 23.0 Å². The predicted molar refractivity (Wildman–Crippen MR) is 83.0 cm³/mol. The molecule has 1 aromatic carbocycles. The number of ether oxygens (including phenoxy) is 1. The Morgan fingerprint density at radius 1 is 1.43 bits per heavy atom. The molecule has 1 atom stereocenters. The third kappa shape index (κ3) is 4.60. The van der Waals surface area contributed by atoms with Gasteiger partial charge in [-0.2, -0.15) is 0 Å². The molecular formula is C15H24FN3O2. The lowest BCUT2D eigenvalue weighted by Crippen LogP contribution is -2.36. The topological polar surface area (TPSA) is 67.6 Å². The van der Waals surface area contributed by atoms with Gasteiger partial charge in [-0.1, -0.05) is 13.8 Å². The van der Waals surface area contributed by atoms with Gasteiger partial charge < -0.3 is 20.7 Å². The normalized spacial score (nSPS) is 12.6. The Balaban J connectivity index is 3.08. The average Bonchev–Trinajstić information content (AvgIpc) is 2.39. The van der Waals surface area contributed by atoms with Crippen molar-refractivity contribution in [2.45, 2.75) is 19.9 Å². The number of benzene rings is 1. The van der Waals surface area contributed by atoms with Crippen LogP contribution in [0.4, 0.5) is 15.8 Å². The van der Waals surface area contributed by atoms with Gasteiger partial charge in [0.05, 0.1) is 18.4 Å². The second-order valence-electron chi connectivity index (χ2n) is 5.67. The zero-order valence-electron chi connectivity index (χ0n) is 13.2. The van der Waals surface area contributed by atoms with Crippen LogP contribution in [0.2, 0.25) is 0 Å². The Bertz CT molecular complexity index is 504. The van der Waals surface area contributed by atoms with Crippen LogP contribution >= 0.6 is 0 Å². The maximum Gasteiger partial charge on any atom is 0.340 e. The summed E-state index contributed by atoms with van der Waals surface area (Å²) < 4.78 is 18.7. The number of likely N-dealkylation sites (N-methyl/N-ethyl adjacent to an activating group) is 1. The zero-order valence-corrected chi connectivity index (χ0v) is 13.2. The number of esters is 1. The fraction of sp³-hybridized carbons (Fsp3) is 0.533. The van der Waals surface area contributed by atoms with Gasteiger partial charge in [0.15, 0.2) is 0 Å². The minimum atomic E-state index is -0.579. The van der Waals surface area contributed by atoms with Crippen molar-refractivity contribution in [1.82, 2.24) is 4.90 Å². The average molecular weight is 297 g/mol. The second-order valence-corrected chi connectivity index (χ2v) is 5.67. The van der Waals surface area contributed by atoms with Crippen molar-refractivity contribution in [3.05, 3.63) is 23.5 Å². The number of nitrogens with one attached hydrogen (secondary N) is 1. The Kier molecular flexibility index (Phi) is 5.96. The van der Waals surface area contributed by atoms with E-state index in [0.29, 0.717) is 5.92 Å². The van der Waals surface area contributed by atoms with Gasteiger partial charge in [0, 0.05) is 18.3 Å². The first-order valence-corrected chi connectivity index (χ1v) is 6.84. The first-order chi connectivity index (χ1) is 9.76. The van der Waals surface area contributed by atoms with Crippen LogP contribution in [0.25, 0.3) is 0 Å². The summed E-state index contributed by atoms with van der Waals surface area (Å²) in [5.41, 5.74) is 6.15. The van der Waals surface area contributed by atoms with Gasteiger partial charge in [0.2, 0.25) is 0 Å². The Labute approximate surface area is 125 Å². The van der Waals surface area contributed by atoms with Crippen LogP contribution < -0.4 is 11.1 Å². The maximum atomic E-state index is 14.1. The summed E-state index contributed by atoms with van der Waals surface area (Å²) in [4.78, 5) is 13.7. The van der Waals surface area contributed by atoms with Crippen LogP contribution in [0.5, 0.6) is 0 Å². The minimum Gasteiger partial charge on any atom is -0.465 e. The van der Waals surface area contributed by atoms with E-state index in [0.717, 1.165) is 12.6 Å². The monoisotopic (exact) mass is 297 g/mol. The van der Waals surface area contributed by atoms with Crippen molar-refractivity contribution in [3.63, 3.8) is 0 Å². The number of carbonyl (C=O) groups excluding carboxylic acids is 1. The van der Waals surface area contributed by atoms with Crippen molar-refractivity contribution in [2.24, 2.45) is 5.92 Å². The van der Waals surface area contributed by atoms with E-state index in [4.69, 9.17) is 5.73 Å². The summed E-state index contributed by atoms with van der Waals surface area (Å²) in [6.07, 6.45) is 0. The van der Waals surface area contributed by atoms with Crippen molar-refractivity contribution in [2.75, 3.05) is 38.8 Å². The van der Waals surface area contributed by atoms with Crippen molar-refractivity contribution in [1.29, 1.82) is 0 Å². The maximum absolute atomic E-state index is 14.1. The number of nitrogens with zero attached hydrogens (tertiary/aromatic N) is 1. The molecule has 3 N–H and O–H groups in total. The SMILES string of the molecule is COC(=O)c1cc(NC(CN(C)C)C(C)C)c(F)cc1N. The molecule has 0 aliphatic carbocycles. The van der Waals surface area contributed by atoms with E-state index in [2.05, 4.69) is 23.9 Å². The number of halogens is 1. The number of carbonyl (C=O) groups is 1. The zero-order chi connectivity index (χ0) is 16.2. The number of hydrogen-bond donors (Lipinski definition) is 2. The standard InChI is InChI=1S/C15H24FN3O2/c1-9(2)14(8-19(3)4)18-13-6-10(15(20)21-5)12(17)7-11(13)16/h6-7,9,14,18H,8,17H2,1-5H3. The fourth-order valence-corrected chi connectivity index (χ4v) is 2.00. The molecule has 0 bridgehead atoms. The molecule has 1 rings (SSSR count). The number of nitrogen functional groups attached to an aromatic ring is 1. The lowest BCUT2D eigenvalue weighted by Gasteiger charge is -2.27. The van der Waals surface area contributed by atoms with Crippen LogP contribution in [0.3, 0.4) is 0 Å². The molecule has 21 heavy (non-hydrogen) atoms. The van der Waals surface area contributed by atoms with Crippen LogP contribution in [-0.4, -0.2) is 44.7 Å². The van der Waals surface area contributed by atoms with Crippen molar-refractivity contribution >= 4 is 17.3 Å². The molecular weight excluding hydrogens is 273 g/mol. The largest absolute Gasteiger partial charge is 0.465 e. The lowest BCUT2D eigenvalue weighted by molar-refractivity contribution is 0.0602. The van der Waals surface area contributed by atoms with E-state index in [9.17, 15) is 9.18 Å². The van der Waals surface area contributed by atoms with E-state index in [1.807, 2.05) is 19.0 Å². The first kappa shape index (κ1) is 17.2. The van der Waals surface area contributed by atoms with Gasteiger partial charge in [-0.25, -0.2) is 9.18 Å². The quantitative estimate of drug-likeness (QED) is 0.622. The molecule has 0 aliphatic rings. The number of anilines is 2. The summed E-state index contributed by atoms with van der Waals surface area (Å²) in [6, 6.07) is 2.59. The molecule has 0 saturated heterocycles. The highest BCUT2D eigenvalue weighted by Gasteiger charge is 2.19. The number of hydrogen-bond acceptors (Lipinski definition) is 5. The van der Waals surface area contributed by atoms with Crippen LogP contribution in [0, 0.1) is 11.7 Å². The van der Waals surface area contributed by atoms with Gasteiger partial charge in [-0.05, 0) is 32.1 Å². The van der Waals surface area contributed by atoms with E-state index in [1.54, 1.807) is 0 Å². The highest BCUT2D eigenvalue weighted by Crippen LogP contribution is 2.24. The van der Waals surface area contributed by atoms with Gasteiger partial charge >= 0.3 is 5.97 Å². The smallest absolute Gasteiger partial charge is 0.340 e. The molecule has 0 aromatic heterocycles. The fourth-order valence-electron chi connectivity index (χ4n) is 2.00. The molecule has 6 heteroatoms. The summed E-state index contributed by atoms with van der Waals surface area (Å²) in [5, 5.41) is 3.14. The second kappa shape index (κ2) is 7.26. The summed E-state index contributed by atoms with van der Waals surface area (Å²) in [7, 11) is 5.17. The highest BCUT2D eigenvalue weighted by atomic mass is 19.1. The lowest BCUT2D eigenvalue weighted by atomic mass is 10.0. The number of methoxy groups -OCH3 is 1. The van der Waals surface area contributed by atoms with Crippen molar-refractivity contribution < 1.29 is 13.9 Å². The van der Waals surface area contributed by atoms with Crippen molar-refractivity contribution in [3.8, 4) is 0 Å². The van der Waals surface area contributed by atoms with E-state index < -0.39 is 11.8 Å². The highest BCUT2D eigenvalue weighted by molar-refractivity contribution is 5.96. The molecule has 0 fully saturated rings. The molecule has 0 aliphatic heterocycles. The minimum absolute atomic E-state index is 0.0450. The molecule has 0 radical (unpaired) electrons. The predicted octanol–water partition coefficient (Wildman–Crippen LogP) is 2.19. The van der Waals surface area contributed by atoms with Gasteiger partial charge in [-0.15, -0.1) is 0 Å². The van der Waals surface area contributed by atoms with E-state index in [1.165, 1.54) is 13.2 Å². The summed E-state index contributed by atoms with van der Waals surface area (Å²) >= 11 is 0.